The number of amides is 2. The van der Waals surface area contributed by atoms with Crippen LogP contribution in [0.4, 0.5) is 0 Å². The Morgan fingerprint density at radius 3 is 2.47 bits per heavy atom. The van der Waals surface area contributed by atoms with Crippen LogP contribution in [0.5, 0.6) is 0 Å². The van der Waals surface area contributed by atoms with Gasteiger partial charge in [0, 0.05) is 6.20 Å². The normalized spacial score (nSPS) is 10.3. The molecule has 0 bridgehead atoms. The van der Waals surface area contributed by atoms with E-state index in [9.17, 15) is 9.59 Å². The number of thiophene rings is 1. The van der Waals surface area contributed by atoms with Crippen molar-refractivity contribution in [1.82, 2.24) is 9.99 Å². The highest BCUT2D eigenvalue weighted by molar-refractivity contribution is 7.12. The van der Waals surface area contributed by atoms with Crippen molar-refractivity contribution in [2.75, 3.05) is 0 Å². The summed E-state index contributed by atoms with van der Waals surface area (Å²) in [5.41, 5.74) is 0.160. The van der Waals surface area contributed by atoms with Gasteiger partial charge in [-0.3, -0.25) is 9.59 Å². The predicted octanol–water partition coefficient (Wildman–Crippen LogP) is 2.61. The number of aromatic nitrogens is 1. The molecule has 98 valence electrons. The van der Waals surface area contributed by atoms with E-state index >= 15 is 0 Å². The van der Waals surface area contributed by atoms with Crippen molar-refractivity contribution in [2.24, 2.45) is 5.84 Å². The van der Waals surface area contributed by atoms with E-state index in [-0.39, 0.29) is 20.6 Å². The Morgan fingerprint density at radius 1 is 1.21 bits per heavy atom. The maximum absolute atomic E-state index is 12.0. The highest BCUT2D eigenvalue weighted by Crippen LogP contribution is 2.23. The Kier molecular flexibility index (Phi) is 4.16. The lowest BCUT2D eigenvalue weighted by molar-refractivity contribution is 0.0618. The number of nitrogens with two attached hydrogens (primary N) is 1. The van der Waals surface area contributed by atoms with Gasteiger partial charge in [0.25, 0.3) is 11.8 Å². The number of hydrazine groups is 1. The second kappa shape index (κ2) is 5.66. The standard InChI is InChI=1S/C11H7Cl2N3O2S/c12-7-3-4-19-9(7)11(18)16(14)10(17)6-1-2-8(13)15-5-6/h1-5H,14H2. The van der Waals surface area contributed by atoms with Gasteiger partial charge in [0.1, 0.15) is 10.0 Å². The molecule has 2 N–H and O–H groups in total. The molecule has 0 aliphatic carbocycles. The fourth-order valence-corrected chi connectivity index (χ4v) is 2.47. The predicted molar refractivity (Wildman–Crippen MR) is 73.3 cm³/mol. The third kappa shape index (κ3) is 2.93. The van der Waals surface area contributed by atoms with Gasteiger partial charge in [-0.2, -0.15) is 0 Å². The summed E-state index contributed by atoms with van der Waals surface area (Å²) in [5.74, 6) is 4.16. The first kappa shape index (κ1) is 14.0. The zero-order valence-corrected chi connectivity index (χ0v) is 11.7. The summed E-state index contributed by atoms with van der Waals surface area (Å²) in [4.78, 5) is 27.9. The van der Waals surface area contributed by atoms with Crippen molar-refractivity contribution in [3.63, 3.8) is 0 Å². The summed E-state index contributed by atoms with van der Waals surface area (Å²) < 4.78 is 0. The molecule has 0 aliphatic rings. The number of halogens is 2. The van der Waals surface area contributed by atoms with Gasteiger partial charge in [0.2, 0.25) is 0 Å². The van der Waals surface area contributed by atoms with Gasteiger partial charge in [-0.15, -0.1) is 11.3 Å². The third-order valence-electron chi connectivity index (χ3n) is 2.22. The van der Waals surface area contributed by atoms with Crippen molar-refractivity contribution < 1.29 is 9.59 Å². The lowest BCUT2D eigenvalue weighted by Crippen LogP contribution is -2.42. The molecule has 5 nitrogen and oxygen atoms in total. The molecular weight excluding hydrogens is 309 g/mol. The van der Waals surface area contributed by atoms with Crippen LogP contribution in [0.15, 0.2) is 29.8 Å². The Balaban J connectivity index is 2.22. The number of nitrogens with zero attached hydrogens (tertiary/aromatic N) is 2. The number of carbonyl (C=O) groups excluding carboxylic acids is 2. The van der Waals surface area contributed by atoms with Crippen LogP contribution in [0.3, 0.4) is 0 Å². The van der Waals surface area contributed by atoms with Crippen molar-refractivity contribution in [1.29, 1.82) is 0 Å². The molecule has 19 heavy (non-hydrogen) atoms. The van der Waals surface area contributed by atoms with Gasteiger partial charge in [-0.1, -0.05) is 23.2 Å². The SMILES string of the molecule is NN(C(=O)c1ccc(Cl)nc1)C(=O)c1sccc1Cl. The highest BCUT2D eigenvalue weighted by atomic mass is 35.5. The van der Waals surface area contributed by atoms with Crippen LogP contribution in [-0.4, -0.2) is 21.8 Å². The summed E-state index contributed by atoms with van der Waals surface area (Å²) in [5, 5.41) is 2.64. The first-order valence-corrected chi connectivity index (χ1v) is 6.62. The van der Waals surface area contributed by atoms with Gasteiger partial charge in [0.15, 0.2) is 0 Å². The minimum Gasteiger partial charge on any atom is -0.267 e. The molecule has 2 aromatic heterocycles. The summed E-state index contributed by atoms with van der Waals surface area (Å²) >= 11 is 12.5. The van der Waals surface area contributed by atoms with Gasteiger partial charge in [-0.25, -0.2) is 15.8 Å². The van der Waals surface area contributed by atoms with Gasteiger partial charge >= 0.3 is 0 Å². The highest BCUT2D eigenvalue weighted by Gasteiger charge is 2.24. The second-order valence-corrected chi connectivity index (χ2v) is 5.16. The summed E-state index contributed by atoms with van der Waals surface area (Å²) in [6.07, 6.45) is 1.24. The number of rotatable bonds is 2. The maximum Gasteiger partial charge on any atom is 0.286 e. The molecule has 0 atom stereocenters. The van der Waals surface area contributed by atoms with E-state index in [0.717, 1.165) is 11.3 Å². The average Bonchev–Trinajstić information content (AvgIpc) is 2.83. The number of pyridine rings is 1. The fourth-order valence-electron chi connectivity index (χ4n) is 1.29. The van der Waals surface area contributed by atoms with E-state index < -0.39 is 11.8 Å². The van der Waals surface area contributed by atoms with Crippen LogP contribution in [0.25, 0.3) is 0 Å². The molecule has 0 aromatic carbocycles. The molecule has 0 fully saturated rings. The monoisotopic (exact) mass is 315 g/mol. The molecule has 0 spiro atoms. The summed E-state index contributed by atoms with van der Waals surface area (Å²) in [6.45, 7) is 0. The first-order chi connectivity index (χ1) is 9.00. The third-order valence-corrected chi connectivity index (χ3v) is 3.78. The number of hydrogen-bond donors (Lipinski definition) is 1. The van der Waals surface area contributed by atoms with E-state index in [4.69, 9.17) is 29.0 Å². The van der Waals surface area contributed by atoms with Crippen LogP contribution < -0.4 is 5.84 Å². The molecule has 2 amide bonds. The lowest BCUT2D eigenvalue weighted by Gasteiger charge is -2.13. The summed E-state index contributed by atoms with van der Waals surface area (Å²) in [7, 11) is 0. The van der Waals surface area contributed by atoms with Crippen molar-refractivity contribution in [2.45, 2.75) is 0 Å². The van der Waals surface area contributed by atoms with E-state index in [1.165, 1.54) is 18.3 Å². The van der Waals surface area contributed by atoms with Crippen molar-refractivity contribution in [3.05, 3.63) is 50.4 Å². The van der Waals surface area contributed by atoms with Crippen molar-refractivity contribution >= 4 is 46.4 Å². The van der Waals surface area contributed by atoms with Crippen molar-refractivity contribution in [3.8, 4) is 0 Å². The smallest absolute Gasteiger partial charge is 0.267 e. The molecular formula is C11H7Cl2N3O2S. The Morgan fingerprint density at radius 2 is 1.95 bits per heavy atom. The Labute approximate surface area is 122 Å². The molecule has 2 heterocycles. The minimum atomic E-state index is -0.682. The zero-order chi connectivity index (χ0) is 14.0. The van der Waals surface area contributed by atoms with Crippen LogP contribution in [0, 0.1) is 0 Å². The van der Waals surface area contributed by atoms with Gasteiger partial charge in [0.05, 0.1) is 10.6 Å². The Bertz CT molecular complexity index is 627. The Hall–Kier alpha value is -1.47. The topological polar surface area (TPSA) is 76.3 Å². The van der Waals surface area contributed by atoms with E-state index in [1.54, 1.807) is 11.4 Å². The molecule has 0 unspecified atom stereocenters. The van der Waals surface area contributed by atoms with E-state index in [0.29, 0.717) is 5.01 Å². The van der Waals surface area contributed by atoms with Gasteiger partial charge < -0.3 is 0 Å². The number of carbonyl (C=O) groups is 2. The lowest BCUT2D eigenvalue weighted by atomic mass is 10.2. The molecule has 0 aliphatic heterocycles. The molecule has 2 rings (SSSR count). The second-order valence-electron chi connectivity index (χ2n) is 3.45. The average molecular weight is 316 g/mol. The van der Waals surface area contributed by atoms with E-state index in [2.05, 4.69) is 4.98 Å². The number of imide groups is 1. The zero-order valence-electron chi connectivity index (χ0n) is 9.34. The maximum atomic E-state index is 12.0. The quantitative estimate of drug-likeness (QED) is 0.304. The van der Waals surface area contributed by atoms with Crippen LogP contribution in [-0.2, 0) is 0 Å². The first-order valence-electron chi connectivity index (χ1n) is 4.98. The van der Waals surface area contributed by atoms with Crippen LogP contribution in [0.1, 0.15) is 20.0 Å². The molecule has 0 radical (unpaired) electrons. The largest absolute Gasteiger partial charge is 0.286 e. The van der Waals surface area contributed by atoms with Crippen LogP contribution >= 0.6 is 34.5 Å². The molecule has 2 aromatic rings. The summed E-state index contributed by atoms with van der Waals surface area (Å²) in [6, 6.07) is 4.42. The van der Waals surface area contributed by atoms with Gasteiger partial charge in [-0.05, 0) is 23.6 Å². The van der Waals surface area contributed by atoms with Crippen LogP contribution in [0.2, 0.25) is 10.2 Å². The molecule has 8 heteroatoms. The molecule has 0 saturated heterocycles. The number of hydrogen-bond acceptors (Lipinski definition) is 5. The minimum absolute atomic E-state index is 0.160. The van der Waals surface area contributed by atoms with E-state index in [1.807, 2.05) is 0 Å². The fraction of sp³-hybridized carbons (Fsp3) is 0. The molecule has 0 saturated carbocycles.